The number of halogens is 1. The van der Waals surface area contributed by atoms with E-state index in [-0.39, 0.29) is 0 Å². The zero-order chi connectivity index (χ0) is 19.5. The second kappa shape index (κ2) is 11.5. The third kappa shape index (κ3) is 7.54. The summed E-state index contributed by atoms with van der Waals surface area (Å²) in [4.78, 5) is 10.8. The molecule has 0 unspecified atom stereocenters. The van der Waals surface area contributed by atoms with Crippen molar-refractivity contribution in [2.75, 3.05) is 47.4 Å². The van der Waals surface area contributed by atoms with Crippen molar-refractivity contribution in [3.05, 3.63) is 35.2 Å². The van der Waals surface area contributed by atoms with Crippen LogP contribution in [0.4, 0.5) is 0 Å². The summed E-state index contributed by atoms with van der Waals surface area (Å²) >= 11 is 5.89. The molecular formula is C18H27ClN6O2. The van der Waals surface area contributed by atoms with Gasteiger partial charge in [-0.1, -0.05) is 16.8 Å². The number of aromatic nitrogens is 2. The molecule has 0 saturated carbocycles. The summed E-state index contributed by atoms with van der Waals surface area (Å²) < 4.78 is 10.3. The minimum absolute atomic E-state index is 0.393. The zero-order valence-corrected chi connectivity index (χ0v) is 16.8. The summed E-state index contributed by atoms with van der Waals surface area (Å²) in [5, 5.41) is 11.1. The van der Waals surface area contributed by atoms with Gasteiger partial charge in [-0.3, -0.25) is 4.99 Å². The van der Waals surface area contributed by atoms with Crippen molar-refractivity contribution in [3.63, 3.8) is 0 Å². The lowest BCUT2D eigenvalue weighted by atomic mass is 10.2. The summed E-state index contributed by atoms with van der Waals surface area (Å²) in [6, 6.07) is 7.30. The van der Waals surface area contributed by atoms with Crippen molar-refractivity contribution in [1.29, 1.82) is 0 Å². The van der Waals surface area contributed by atoms with Crippen molar-refractivity contribution in [1.82, 2.24) is 25.7 Å². The highest BCUT2D eigenvalue weighted by Gasteiger charge is 2.09. The number of rotatable bonds is 10. The largest absolute Gasteiger partial charge is 0.385 e. The molecule has 0 aliphatic rings. The van der Waals surface area contributed by atoms with E-state index in [1.54, 1.807) is 26.3 Å². The number of methoxy groups -OCH3 is 1. The van der Waals surface area contributed by atoms with Gasteiger partial charge in [0.05, 0.1) is 6.54 Å². The molecule has 0 radical (unpaired) electrons. The minimum atomic E-state index is 0.393. The lowest BCUT2D eigenvalue weighted by Crippen LogP contribution is -2.40. The van der Waals surface area contributed by atoms with Crippen molar-refractivity contribution in [2.24, 2.45) is 4.99 Å². The average molecular weight is 395 g/mol. The van der Waals surface area contributed by atoms with E-state index in [0.717, 1.165) is 38.2 Å². The highest BCUT2D eigenvalue weighted by molar-refractivity contribution is 6.30. The van der Waals surface area contributed by atoms with Crippen LogP contribution < -0.4 is 10.6 Å². The lowest BCUT2D eigenvalue weighted by molar-refractivity contribution is 0.180. The fraction of sp³-hybridized carbons (Fsp3) is 0.500. The molecule has 9 heteroatoms. The first-order chi connectivity index (χ1) is 13.1. The maximum atomic E-state index is 5.89. The van der Waals surface area contributed by atoms with Crippen molar-refractivity contribution >= 4 is 17.6 Å². The van der Waals surface area contributed by atoms with Crippen LogP contribution in [0.25, 0.3) is 11.4 Å². The SMILES string of the molecule is CN=C(NCCN(C)CCCOC)NCc1nc(-c2ccc(Cl)cc2)no1. The second-order valence-electron chi connectivity index (χ2n) is 6.02. The standard InChI is InChI=1S/C18H27ClN6O2/c1-20-18(21-9-11-25(2)10-4-12-26-3)22-13-16-23-17(24-27-16)14-5-7-15(19)8-6-14/h5-8H,4,9-13H2,1-3H3,(H2,20,21,22). The van der Waals surface area contributed by atoms with Crippen LogP contribution in [0.5, 0.6) is 0 Å². The fourth-order valence-corrected chi connectivity index (χ4v) is 2.50. The van der Waals surface area contributed by atoms with E-state index in [1.807, 2.05) is 12.1 Å². The first kappa shape index (κ1) is 21.1. The summed E-state index contributed by atoms with van der Waals surface area (Å²) in [7, 11) is 5.54. The van der Waals surface area contributed by atoms with E-state index < -0.39 is 0 Å². The van der Waals surface area contributed by atoms with Gasteiger partial charge in [-0.15, -0.1) is 0 Å². The maximum absolute atomic E-state index is 5.89. The predicted octanol–water partition coefficient (Wildman–Crippen LogP) is 2.02. The molecule has 0 atom stereocenters. The van der Waals surface area contributed by atoms with E-state index in [2.05, 4.69) is 37.7 Å². The van der Waals surface area contributed by atoms with Crippen LogP contribution in [0, 0.1) is 0 Å². The summed E-state index contributed by atoms with van der Waals surface area (Å²) in [5.74, 6) is 1.70. The minimum Gasteiger partial charge on any atom is -0.385 e. The third-order valence-corrected chi connectivity index (χ3v) is 4.13. The average Bonchev–Trinajstić information content (AvgIpc) is 3.14. The lowest BCUT2D eigenvalue weighted by Gasteiger charge is -2.17. The number of hydrogen-bond donors (Lipinski definition) is 2. The molecule has 2 N–H and O–H groups in total. The Kier molecular flexibility index (Phi) is 9.03. The number of hydrogen-bond acceptors (Lipinski definition) is 6. The van der Waals surface area contributed by atoms with Gasteiger partial charge in [-0.25, -0.2) is 0 Å². The quantitative estimate of drug-likeness (QED) is 0.362. The van der Waals surface area contributed by atoms with Gasteiger partial charge in [0.15, 0.2) is 5.96 Å². The molecule has 0 bridgehead atoms. The number of ether oxygens (including phenoxy) is 1. The highest BCUT2D eigenvalue weighted by atomic mass is 35.5. The molecular weight excluding hydrogens is 368 g/mol. The zero-order valence-electron chi connectivity index (χ0n) is 16.0. The third-order valence-electron chi connectivity index (χ3n) is 3.88. The van der Waals surface area contributed by atoms with Gasteiger partial charge in [0, 0.05) is 51.0 Å². The molecule has 1 aromatic carbocycles. The molecule has 0 fully saturated rings. The normalized spacial score (nSPS) is 11.8. The summed E-state index contributed by atoms with van der Waals surface area (Å²) in [5.41, 5.74) is 0.855. The van der Waals surface area contributed by atoms with E-state index in [1.165, 1.54) is 0 Å². The smallest absolute Gasteiger partial charge is 0.246 e. The van der Waals surface area contributed by atoms with E-state index in [4.69, 9.17) is 20.9 Å². The molecule has 2 aromatic rings. The van der Waals surface area contributed by atoms with Crippen molar-refractivity contribution in [3.8, 4) is 11.4 Å². The first-order valence-corrected chi connectivity index (χ1v) is 9.20. The molecule has 0 aliphatic carbocycles. The molecule has 148 valence electrons. The second-order valence-corrected chi connectivity index (χ2v) is 6.46. The Labute approximate surface area is 164 Å². The highest BCUT2D eigenvalue weighted by Crippen LogP contribution is 2.18. The van der Waals surface area contributed by atoms with Gasteiger partial charge in [-0.05, 0) is 37.7 Å². The van der Waals surface area contributed by atoms with Crippen LogP contribution in [0.15, 0.2) is 33.8 Å². The maximum Gasteiger partial charge on any atom is 0.246 e. The van der Waals surface area contributed by atoms with E-state index in [9.17, 15) is 0 Å². The Morgan fingerprint density at radius 1 is 1.26 bits per heavy atom. The molecule has 0 saturated heterocycles. The number of nitrogens with zero attached hydrogens (tertiary/aromatic N) is 4. The van der Waals surface area contributed by atoms with Crippen LogP contribution >= 0.6 is 11.6 Å². The van der Waals surface area contributed by atoms with Gasteiger partial charge < -0.3 is 24.8 Å². The van der Waals surface area contributed by atoms with E-state index >= 15 is 0 Å². The Balaban J connectivity index is 1.73. The van der Waals surface area contributed by atoms with Crippen LogP contribution in [0.1, 0.15) is 12.3 Å². The van der Waals surface area contributed by atoms with Gasteiger partial charge in [0.2, 0.25) is 11.7 Å². The molecule has 27 heavy (non-hydrogen) atoms. The molecule has 0 amide bonds. The van der Waals surface area contributed by atoms with E-state index in [0.29, 0.717) is 29.2 Å². The van der Waals surface area contributed by atoms with Gasteiger partial charge in [0.25, 0.3) is 0 Å². The molecule has 8 nitrogen and oxygen atoms in total. The monoisotopic (exact) mass is 394 g/mol. The molecule has 1 heterocycles. The Hall–Kier alpha value is -2.16. The Morgan fingerprint density at radius 2 is 2.04 bits per heavy atom. The Bertz CT molecular complexity index is 704. The van der Waals surface area contributed by atoms with Gasteiger partial charge >= 0.3 is 0 Å². The van der Waals surface area contributed by atoms with Crippen LogP contribution in [0.2, 0.25) is 5.02 Å². The van der Waals surface area contributed by atoms with Crippen molar-refractivity contribution < 1.29 is 9.26 Å². The van der Waals surface area contributed by atoms with Gasteiger partial charge in [0.1, 0.15) is 0 Å². The number of aliphatic imine (C=N–C) groups is 1. The number of benzene rings is 1. The molecule has 0 spiro atoms. The summed E-state index contributed by atoms with van der Waals surface area (Å²) in [6.07, 6.45) is 1.02. The number of likely N-dealkylation sites (N-methyl/N-ethyl adjacent to an activating group) is 1. The van der Waals surface area contributed by atoms with Crippen LogP contribution in [-0.4, -0.2) is 68.4 Å². The van der Waals surface area contributed by atoms with Crippen LogP contribution in [-0.2, 0) is 11.3 Å². The van der Waals surface area contributed by atoms with Gasteiger partial charge in [-0.2, -0.15) is 4.98 Å². The summed E-state index contributed by atoms with van der Waals surface area (Å²) in [6.45, 7) is 3.86. The predicted molar refractivity (Wildman–Crippen MR) is 107 cm³/mol. The number of guanidine groups is 1. The fourth-order valence-electron chi connectivity index (χ4n) is 2.38. The first-order valence-electron chi connectivity index (χ1n) is 8.83. The topological polar surface area (TPSA) is 87.8 Å². The van der Waals surface area contributed by atoms with Crippen LogP contribution in [0.3, 0.4) is 0 Å². The van der Waals surface area contributed by atoms with Crippen molar-refractivity contribution in [2.45, 2.75) is 13.0 Å². The molecule has 0 aliphatic heterocycles. The molecule has 2 rings (SSSR count). The Morgan fingerprint density at radius 3 is 2.74 bits per heavy atom. The number of nitrogens with one attached hydrogen (secondary N) is 2. The molecule has 1 aromatic heterocycles.